The smallest absolute Gasteiger partial charge is 0.0291 e. The molecule has 2 rings (SSSR count). The number of likely N-dealkylation sites (tertiary alicyclic amines) is 1. The van der Waals surface area contributed by atoms with E-state index in [1.807, 2.05) is 0 Å². The van der Waals surface area contributed by atoms with E-state index < -0.39 is 0 Å². The quantitative estimate of drug-likeness (QED) is 0.803. The van der Waals surface area contributed by atoms with E-state index in [1.165, 1.54) is 36.5 Å². The predicted molar refractivity (Wildman–Crippen MR) is 84.9 cm³/mol. The average Bonchev–Trinajstić information content (AvgIpc) is 2.93. The van der Waals surface area contributed by atoms with Gasteiger partial charge >= 0.3 is 0 Å². The number of nitrogens with zero attached hydrogens (tertiary/aromatic N) is 1. The number of hydrogen-bond acceptors (Lipinski definition) is 3. The van der Waals surface area contributed by atoms with Crippen molar-refractivity contribution >= 4 is 11.8 Å². The van der Waals surface area contributed by atoms with Crippen molar-refractivity contribution in [3.05, 3.63) is 29.8 Å². The van der Waals surface area contributed by atoms with Crippen molar-refractivity contribution in [2.75, 3.05) is 32.4 Å². The normalized spacial score (nSPS) is 21.7. The number of rotatable bonds is 6. The highest BCUT2D eigenvalue weighted by Crippen LogP contribution is 2.20. The summed E-state index contributed by atoms with van der Waals surface area (Å²) < 4.78 is 0. The van der Waals surface area contributed by atoms with E-state index in [2.05, 4.69) is 54.6 Å². The third-order valence-electron chi connectivity index (χ3n) is 4.15. The number of benzene rings is 1. The van der Waals surface area contributed by atoms with Crippen LogP contribution in [0.1, 0.15) is 31.9 Å². The summed E-state index contributed by atoms with van der Waals surface area (Å²) in [7, 11) is 0. The molecule has 0 aromatic heterocycles. The molecule has 2 nitrogen and oxygen atoms in total. The average molecular weight is 278 g/mol. The molecule has 0 aliphatic carbocycles. The summed E-state index contributed by atoms with van der Waals surface area (Å²) in [5.74, 6) is 0.827. The molecule has 1 aromatic rings. The molecule has 3 heteroatoms. The van der Waals surface area contributed by atoms with Crippen LogP contribution in [0.2, 0.25) is 0 Å². The zero-order chi connectivity index (χ0) is 13.7. The molecule has 1 fully saturated rings. The molecule has 0 spiro atoms. The van der Waals surface area contributed by atoms with Crippen LogP contribution in [0.15, 0.2) is 29.2 Å². The van der Waals surface area contributed by atoms with Crippen LogP contribution in [0, 0.1) is 5.92 Å². The fourth-order valence-electron chi connectivity index (χ4n) is 2.72. The second-order valence-electron chi connectivity index (χ2n) is 5.45. The van der Waals surface area contributed by atoms with Crippen LogP contribution in [-0.2, 0) is 0 Å². The molecule has 1 aliphatic rings. The lowest BCUT2D eigenvalue weighted by atomic mass is 10.1. The van der Waals surface area contributed by atoms with Crippen LogP contribution >= 0.6 is 11.8 Å². The van der Waals surface area contributed by atoms with Gasteiger partial charge in [0, 0.05) is 17.5 Å². The van der Waals surface area contributed by atoms with E-state index in [9.17, 15) is 0 Å². The Hall–Kier alpha value is -0.510. The Morgan fingerprint density at radius 1 is 1.37 bits per heavy atom. The van der Waals surface area contributed by atoms with Crippen molar-refractivity contribution in [3.63, 3.8) is 0 Å². The lowest BCUT2D eigenvalue weighted by molar-refractivity contribution is 0.336. The Labute approximate surface area is 122 Å². The van der Waals surface area contributed by atoms with Gasteiger partial charge in [0.1, 0.15) is 0 Å². The zero-order valence-corrected chi connectivity index (χ0v) is 13.2. The molecule has 1 N–H and O–H groups in total. The van der Waals surface area contributed by atoms with Crippen molar-refractivity contribution in [2.45, 2.75) is 31.2 Å². The van der Waals surface area contributed by atoms with Gasteiger partial charge in [-0.25, -0.2) is 0 Å². The predicted octanol–water partition coefficient (Wildman–Crippen LogP) is 3.40. The van der Waals surface area contributed by atoms with Gasteiger partial charge in [-0.1, -0.05) is 19.1 Å². The SMILES string of the molecule is CCN1CCC(CNC(C)c2ccc(SC)cc2)C1. The third-order valence-corrected chi connectivity index (χ3v) is 4.89. The molecule has 1 saturated heterocycles. The highest BCUT2D eigenvalue weighted by atomic mass is 32.2. The Morgan fingerprint density at radius 2 is 2.11 bits per heavy atom. The first kappa shape index (κ1) is 14.9. The molecule has 0 amide bonds. The molecular weight excluding hydrogens is 252 g/mol. The molecule has 0 saturated carbocycles. The Bertz CT molecular complexity index is 377. The van der Waals surface area contributed by atoms with Crippen molar-refractivity contribution in [1.82, 2.24) is 10.2 Å². The molecule has 2 unspecified atom stereocenters. The van der Waals surface area contributed by atoms with Gasteiger partial charge in [0.05, 0.1) is 0 Å². The molecule has 0 radical (unpaired) electrons. The van der Waals surface area contributed by atoms with Crippen LogP contribution in [-0.4, -0.2) is 37.3 Å². The van der Waals surface area contributed by atoms with E-state index >= 15 is 0 Å². The zero-order valence-electron chi connectivity index (χ0n) is 12.4. The van der Waals surface area contributed by atoms with Gasteiger partial charge in [0.2, 0.25) is 0 Å². The molecule has 1 aromatic carbocycles. The van der Waals surface area contributed by atoms with Gasteiger partial charge in [-0.2, -0.15) is 0 Å². The first-order valence-corrected chi connectivity index (χ1v) is 8.55. The molecule has 0 bridgehead atoms. The largest absolute Gasteiger partial charge is 0.310 e. The van der Waals surface area contributed by atoms with Crippen LogP contribution in [0.5, 0.6) is 0 Å². The Balaban J connectivity index is 1.79. The summed E-state index contributed by atoms with van der Waals surface area (Å²) in [6.45, 7) is 9.40. The van der Waals surface area contributed by atoms with Crippen molar-refractivity contribution in [2.24, 2.45) is 5.92 Å². The second kappa shape index (κ2) is 7.32. The summed E-state index contributed by atoms with van der Waals surface area (Å²) >= 11 is 1.80. The maximum absolute atomic E-state index is 3.69. The fraction of sp³-hybridized carbons (Fsp3) is 0.625. The maximum Gasteiger partial charge on any atom is 0.0291 e. The van der Waals surface area contributed by atoms with Gasteiger partial charge in [0.15, 0.2) is 0 Å². The third kappa shape index (κ3) is 4.23. The van der Waals surface area contributed by atoms with Crippen LogP contribution in [0.3, 0.4) is 0 Å². The minimum absolute atomic E-state index is 0.451. The van der Waals surface area contributed by atoms with Crippen molar-refractivity contribution in [1.29, 1.82) is 0 Å². The summed E-state index contributed by atoms with van der Waals surface area (Å²) in [5.41, 5.74) is 1.39. The summed E-state index contributed by atoms with van der Waals surface area (Å²) in [4.78, 5) is 3.88. The van der Waals surface area contributed by atoms with Gasteiger partial charge in [-0.15, -0.1) is 11.8 Å². The highest BCUT2D eigenvalue weighted by molar-refractivity contribution is 7.98. The Kier molecular flexibility index (Phi) is 5.74. The lowest BCUT2D eigenvalue weighted by Crippen LogP contribution is -2.28. The second-order valence-corrected chi connectivity index (χ2v) is 6.33. The molecule has 1 heterocycles. The van der Waals surface area contributed by atoms with Crippen molar-refractivity contribution in [3.8, 4) is 0 Å². The van der Waals surface area contributed by atoms with E-state index in [1.54, 1.807) is 11.8 Å². The summed E-state index contributed by atoms with van der Waals surface area (Å²) in [5, 5.41) is 3.69. The molecule has 1 aliphatic heterocycles. The van der Waals surface area contributed by atoms with Gasteiger partial charge in [0.25, 0.3) is 0 Å². The number of hydrogen-bond donors (Lipinski definition) is 1. The Morgan fingerprint density at radius 3 is 2.68 bits per heavy atom. The monoisotopic (exact) mass is 278 g/mol. The standard InChI is InChI=1S/C16H26N2S/c1-4-18-10-9-14(12-18)11-17-13(2)15-5-7-16(19-3)8-6-15/h5-8,13-14,17H,4,9-12H2,1-3H3. The van der Waals surface area contributed by atoms with E-state index in [0.29, 0.717) is 6.04 Å². The maximum atomic E-state index is 3.69. The molecule has 106 valence electrons. The van der Waals surface area contributed by atoms with Crippen LogP contribution in [0.4, 0.5) is 0 Å². The van der Waals surface area contributed by atoms with Crippen LogP contribution in [0.25, 0.3) is 0 Å². The van der Waals surface area contributed by atoms with Gasteiger partial charge in [-0.05, 0) is 62.8 Å². The van der Waals surface area contributed by atoms with Crippen molar-refractivity contribution < 1.29 is 0 Å². The topological polar surface area (TPSA) is 15.3 Å². The molecule has 2 atom stereocenters. The molecular formula is C16H26N2S. The van der Waals surface area contributed by atoms with Gasteiger partial charge < -0.3 is 10.2 Å². The lowest BCUT2D eigenvalue weighted by Gasteiger charge is -2.18. The fourth-order valence-corrected chi connectivity index (χ4v) is 3.13. The van der Waals surface area contributed by atoms with E-state index in [-0.39, 0.29) is 0 Å². The van der Waals surface area contributed by atoms with Crippen LogP contribution < -0.4 is 5.32 Å². The summed E-state index contributed by atoms with van der Waals surface area (Å²) in [6, 6.07) is 9.37. The van der Waals surface area contributed by atoms with E-state index in [0.717, 1.165) is 12.5 Å². The first-order valence-electron chi connectivity index (χ1n) is 7.32. The summed E-state index contributed by atoms with van der Waals surface area (Å²) in [6.07, 6.45) is 3.47. The van der Waals surface area contributed by atoms with E-state index in [4.69, 9.17) is 0 Å². The number of nitrogens with one attached hydrogen (secondary N) is 1. The minimum atomic E-state index is 0.451. The molecule has 19 heavy (non-hydrogen) atoms. The highest BCUT2D eigenvalue weighted by Gasteiger charge is 2.21. The minimum Gasteiger partial charge on any atom is -0.310 e. The number of thioether (sulfide) groups is 1. The first-order chi connectivity index (χ1) is 9.22. The van der Waals surface area contributed by atoms with Gasteiger partial charge in [-0.3, -0.25) is 0 Å².